The van der Waals surface area contributed by atoms with Crippen LogP contribution in [0.2, 0.25) is 5.02 Å². The van der Waals surface area contributed by atoms with Crippen molar-refractivity contribution in [3.05, 3.63) is 74.8 Å². The third-order valence-corrected chi connectivity index (χ3v) is 5.32. The molecule has 0 saturated carbocycles. The van der Waals surface area contributed by atoms with Gasteiger partial charge in [0, 0.05) is 30.7 Å². The van der Waals surface area contributed by atoms with Crippen molar-refractivity contribution in [1.29, 1.82) is 0 Å². The lowest BCUT2D eigenvalue weighted by molar-refractivity contribution is -0.384. The molecule has 0 spiro atoms. The zero-order chi connectivity index (χ0) is 17.0. The molecule has 122 valence electrons. The zero-order valence-electron chi connectivity index (χ0n) is 12.3. The Bertz CT molecular complexity index is 789. The van der Waals surface area contributed by atoms with Crippen molar-refractivity contribution in [2.24, 2.45) is 0 Å². The molecule has 23 heavy (non-hydrogen) atoms. The molecule has 0 radical (unpaired) electrons. The second kappa shape index (κ2) is 7.08. The number of hydrogen-bond donors (Lipinski definition) is 0. The topological polar surface area (TPSA) is 80.5 Å². The standard InChI is InChI=1S/C15H15ClN2O4S/c1-17(10-12-2-6-14(16)7-3-12)23(21,22)11-13-4-8-15(9-5-13)18(19)20/h2-9H,10-11H2,1H3. The van der Waals surface area contributed by atoms with Crippen molar-refractivity contribution >= 4 is 27.3 Å². The third kappa shape index (κ3) is 4.75. The van der Waals surface area contributed by atoms with E-state index in [1.807, 2.05) is 0 Å². The Morgan fingerprint density at radius 3 is 2.09 bits per heavy atom. The summed E-state index contributed by atoms with van der Waals surface area (Å²) >= 11 is 5.80. The largest absolute Gasteiger partial charge is 0.269 e. The second-order valence-corrected chi connectivity index (χ2v) is 7.57. The molecule has 8 heteroatoms. The van der Waals surface area contributed by atoms with Crippen LogP contribution in [0, 0.1) is 10.1 Å². The molecule has 2 aromatic rings. The summed E-state index contributed by atoms with van der Waals surface area (Å²) in [6, 6.07) is 12.4. The van der Waals surface area contributed by atoms with Crippen molar-refractivity contribution in [2.45, 2.75) is 12.3 Å². The zero-order valence-corrected chi connectivity index (χ0v) is 13.9. The minimum atomic E-state index is -3.52. The number of hydrogen-bond acceptors (Lipinski definition) is 4. The lowest BCUT2D eigenvalue weighted by Gasteiger charge is -2.17. The summed E-state index contributed by atoms with van der Waals surface area (Å²) in [5, 5.41) is 11.2. The molecule has 0 atom stereocenters. The fourth-order valence-corrected chi connectivity index (χ4v) is 3.29. The molecule has 2 rings (SSSR count). The number of nitro groups is 1. The first-order valence-corrected chi connectivity index (χ1v) is 8.68. The molecule has 0 aliphatic carbocycles. The van der Waals surface area contributed by atoms with E-state index in [1.165, 1.54) is 35.6 Å². The van der Waals surface area contributed by atoms with E-state index >= 15 is 0 Å². The molecular weight excluding hydrogens is 340 g/mol. The first-order chi connectivity index (χ1) is 10.8. The Labute approximate surface area is 139 Å². The summed E-state index contributed by atoms with van der Waals surface area (Å²) in [6.45, 7) is 0.229. The summed E-state index contributed by atoms with van der Waals surface area (Å²) in [5.74, 6) is -0.213. The van der Waals surface area contributed by atoms with Crippen LogP contribution >= 0.6 is 11.6 Å². The first-order valence-electron chi connectivity index (χ1n) is 6.70. The molecule has 0 unspecified atom stereocenters. The summed E-state index contributed by atoms with van der Waals surface area (Å²) < 4.78 is 26.0. The molecule has 0 amide bonds. The minimum Gasteiger partial charge on any atom is -0.258 e. The Kier molecular flexibility index (Phi) is 5.35. The van der Waals surface area contributed by atoms with Crippen molar-refractivity contribution in [3.8, 4) is 0 Å². The number of rotatable bonds is 6. The molecule has 0 aliphatic rings. The predicted octanol–water partition coefficient (Wildman–Crippen LogP) is 3.21. The van der Waals surface area contributed by atoms with E-state index in [2.05, 4.69) is 0 Å². The first kappa shape index (κ1) is 17.4. The Balaban J connectivity index is 2.08. The van der Waals surface area contributed by atoms with Gasteiger partial charge >= 0.3 is 0 Å². The van der Waals surface area contributed by atoms with Crippen molar-refractivity contribution < 1.29 is 13.3 Å². The Morgan fingerprint density at radius 1 is 1.04 bits per heavy atom. The monoisotopic (exact) mass is 354 g/mol. The molecule has 0 fully saturated rings. The van der Waals surface area contributed by atoms with Crippen LogP contribution in [0.4, 0.5) is 5.69 Å². The second-order valence-electron chi connectivity index (χ2n) is 5.06. The average molecular weight is 355 g/mol. The van der Waals surface area contributed by atoms with Gasteiger partial charge in [-0.1, -0.05) is 35.9 Å². The number of non-ortho nitro benzene ring substituents is 1. The summed E-state index contributed by atoms with van der Waals surface area (Å²) in [5.41, 5.74) is 1.25. The number of halogens is 1. The highest BCUT2D eigenvalue weighted by Crippen LogP contribution is 2.17. The van der Waals surface area contributed by atoms with E-state index in [0.29, 0.717) is 10.6 Å². The van der Waals surface area contributed by atoms with E-state index in [0.717, 1.165) is 5.56 Å². The van der Waals surface area contributed by atoms with Gasteiger partial charge in [0.15, 0.2) is 0 Å². The Hall–Kier alpha value is -1.96. The molecule has 0 heterocycles. The van der Waals surface area contributed by atoms with Gasteiger partial charge in [-0.2, -0.15) is 0 Å². The SMILES string of the molecule is CN(Cc1ccc(Cl)cc1)S(=O)(=O)Cc1ccc([N+](=O)[O-])cc1. The molecular formula is C15H15ClN2O4S. The lowest BCUT2D eigenvalue weighted by atomic mass is 10.2. The van der Waals surface area contributed by atoms with Gasteiger partial charge in [0.1, 0.15) is 0 Å². The number of nitro benzene ring substituents is 1. The fraction of sp³-hybridized carbons (Fsp3) is 0.200. The quantitative estimate of drug-likeness (QED) is 0.589. The van der Waals surface area contributed by atoms with Crippen LogP contribution in [0.15, 0.2) is 48.5 Å². The molecule has 0 aliphatic heterocycles. The van der Waals surface area contributed by atoms with Gasteiger partial charge in [0.25, 0.3) is 5.69 Å². The van der Waals surface area contributed by atoms with Gasteiger partial charge in [-0.05, 0) is 23.3 Å². The lowest BCUT2D eigenvalue weighted by Crippen LogP contribution is -2.27. The number of nitrogens with zero attached hydrogens (tertiary/aromatic N) is 2. The Morgan fingerprint density at radius 2 is 1.57 bits per heavy atom. The van der Waals surface area contributed by atoms with E-state index in [1.54, 1.807) is 24.3 Å². The maximum atomic E-state index is 12.4. The molecule has 0 N–H and O–H groups in total. The smallest absolute Gasteiger partial charge is 0.258 e. The molecule has 0 bridgehead atoms. The average Bonchev–Trinajstić information content (AvgIpc) is 2.49. The number of benzene rings is 2. The fourth-order valence-electron chi connectivity index (χ4n) is 1.98. The van der Waals surface area contributed by atoms with E-state index in [9.17, 15) is 18.5 Å². The third-order valence-electron chi connectivity index (χ3n) is 3.29. The van der Waals surface area contributed by atoms with Gasteiger partial charge in [0.2, 0.25) is 10.0 Å². The maximum Gasteiger partial charge on any atom is 0.269 e. The van der Waals surface area contributed by atoms with Crippen LogP contribution in [0.5, 0.6) is 0 Å². The van der Waals surface area contributed by atoms with Gasteiger partial charge in [-0.15, -0.1) is 0 Å². The molecule has 0 aromatic heterocycles. The van der Waals surface area contributed by atoms with Crippen LogP contribution in [-0.4, -0.2) is 24.7 Å². The van der Waals surface area contributed by atoms with Crippen LogP contribution in [0.1, 0.15) is 11.1 Å². The van der Waals surface area contributed by atoms with E-state index in [4.69, 9.17) is 11.6 Å². The predicted molar refractivity (Wildman–Crippen MR) is 88.6 cm³/mol. The highest BCUT2D eigenvalue weighted by atomic mass is 35.5. The van der Waals surface area contributed by atoms with Crippen LogP contribution < -0.4 is 0 Å². The van der Waals surface area contributed by atoms with Gasteiger partial charge in [0.05, 0.1) is 10.7 Å². The van der Waals surface area contributed by atoms with Gasteiger partial charge < -0.3 is 0 Å². The van der Waals surface area contributed by atoms with Crippen LogP contribution in [0.25, 0.3) is 0 Å². The van der Waals surface area contributed by atoms with Gasteiger partial charge in [-0.3, -0.25) is 10.1 Å². The van der Waals surface area contributed by atoms with E-state index in [-0.39, 0.29) is 18.0 Å². The summed E-state index contributed by atoms with van der Waals surface area (Å²) in [6.07, 6.45) is 0. The van der Waals surface area contributed by atoms with Crippen LogP contribution in [0.3, 0.4) is 0 Å². The van der Waals surface area contributed by atoms with E-state index < -0.39 is 14.9 Å². The molecule has 0 saturated heterocycles. The maximum absolute atomic E-state index is 12.4. The van der Waals surface area contributed by atoms with Crippen molar-refractivity contribution in [3.63, 3.8) is 0 Å². The molecule has 2 aromatic carbocycles. The number of sulfonamides is 1. The van der Waals surface area contributed by atoms with Crippen molar-refractivity contribution in [2.75, 3.05) is 7.05 Å². The van der Waals surface area contributed by atoms with Crippen LogP contribution in [-0.2, 0) is 22.3 Å². The summed E-state index contributed by atoms with van der Waals surface area (Å²) in [4.78, 5) is 10.1. The molecule has 6 nitrogen and oxygen atoms in total. The highest BCUT2D eigenvalue weighted by Gasteiger charge is 2.19. The summed E-state index contributed by atoms with van der Waals surface area (Å²) in [7, 11) is -2.03. The normalized spacial score (nSPS) is 11.6. The minimum absolute atomic E-state index is 0.0688. The van der Waals surface area contributed by atoms with Gasteiger partial charge in [-0.25, -0.2) is 12.7 Å². The highest BCUT2D eigenvalue weighted by molar-refractivity contribution is 7.88. The van der Waals surface area contributed by atoms with Crippen molar-refractivity contribution in [1.82, 2.24) is 4.31 Å².